The highest BCUT2D eigenvalue weighted by Crippen LogP contribution is 2.25. The molecule has 1 atom stereocenters. The molecule has 33 heavy (non-hydrogen) atoms. The number of thioether (sulfide) groups is 1. The van der Waals surface area contributed by atoms with E-state index in [1.165, 1.54) is 11.8 Å². The van der Waals surface area contributed by atoms with Gasteiger partial charge in [-0.1, -0.05) is 68.9 Å². The average molecular weight is 466 g/mol. The predicted octanol–water partition coefficient (Wildman–Crippen LogP) is 4.54. The third kappa shape index (κ3) is 6.01. The number of hydrogen-bond acceptors (Lipinski definition) is 5. The average Bonchev–Trinajstić information content (AvgIpc) is 3.17. The van der Waals surface area contributed by atoms with Gasteiger partial charge in [-0.05, 0) is 42.5 Å². The molecule has 2 aromatic carbocycles. The smallest absolute Gasteiger partial charge is 0.251 e. The third-order valence-corrected chi connectivity index (χ3v) is 6.49. The Morgan fingerprint density at radius 1 is 1.06 bits per heavy atom. The topological polar surface area (TPSA) is 88.9 Å². The molecule has 8 heteroatoms. The monoisotopic (exact) mass is 465 g/mol. The first kappa shape index (κ1) is 24.5. The number of nitrogens with zero attached hydrogens (tertiary/aromatic N) is 3. The number of rotatable bonds is 9. The van der Waals surface area contributed by atoms with E-state index in [-0.39, 0.29) is 29.5 Å². The lowest BCUT2D eigenvalue weighted by molar-refractivity contribution is -0.113. The van der Waals surface area contributed by atoms with Crippen LogP contribution in [0.5, 0.6) is 0 Å². The number of anilines is 1. The van der Waals surface area contributed by atoms with Gasteiger partial charge in [0.2, 0.25) is 5.91 Å². The van der Waals surface area contributed by atoms with Crippen molar-refractivity contribution in [3.05, 3.63) is 71.0 Å². The van der Waals surface area contributed by atoms with Gasteiger partial charge in [-0.25, -0.2) is 0 Å². The molecule has 7 nitrogen and oxygen atoms in total. The second-order valence-electron chi connectivity index (χ2n) is 8.26. The minimum atomic E-state index is -0.308. The minimum Gasteiger partial charge on any atom is -0.342 e. The van der Waals surface area contributed by atoms with E-state index in [1.54, 1.807) is 12.1 Å². The molecule has 1 aromatic heterocycles. The Labute approximate surface area is 199 Å². The van der Waals surface area contributed by atoms with Crippen molar-refractivity contribution in [1.29, 1.82) is 0 Å². The highest BCUT2D eigenvalue weighted by atomic mass is 32.2. The molecule has 3 aromatic rings. The van der Waals surface area contributed by atoms with E-state index in [4.69, 9.17) is 0 Å². The number of hydrogen-bond donors (Lipinski definition) is 2. The van der Waals surface area contributed by atoms with Crippen LogP contribution in [-0.2, 0) is 18.3 Å². The van der Waals surface area contributed by atoms with E-state index in [2.05, 4.69) is 27.8 Å². The highest BCUT2D eigenvalue weighted by Gasteiger charge is 2.25. The number of para-hydroxylation sites is 1. The molecule has 0 aliphatic heterocycles. The zero-order valence-corrected chi connectivity index (χ0v) is 20.6. The molecule has 0 aliphatic rings. The van der Waals surface area contributed by atoms with Gasteiger partial charge in [0.25, 0.3) is 5.91 Å². The van der Waals surface area contributed by atoms with Crippen LogP contribution >= 0.6 is 11.8 Å². The number of aromatic nitrogens is 3. The summed E-state index contributed by atoms with van der Waals surface area (Å²) in [4.78, 5) is 25.3. The Morgan fingerprint density at radius 3 is 2.45 bits per heavy atom. The van der Waals surface area contributed by atoms with Crippen molar-refractivity contribution in [2.24, 2.45) is 13.0 Å². The van der Waals surface area contributed by atoms with Crippen molar-refractivity contribution in [2.45, 2.75) is 45.3 Å². The van der Waals surface area contributed by atoms with Crippen molar-refractivity contribution in [3.63, 3.8) is 0 Å². The van der Waals surface area contributed by atoms with Gasteiger partial charge in [0.05, 0.1) is 11.8 Å². The molecule has 174 valence electrons. The molecule has 0 fully saturated rings. The van der Waals surface area contributed by atoms with Crippen LogP contribution < -0.4 is 10.6 Å². The van der Waals surface area contributed by atoms with E-state index in [9.17, 15) is 9.59 Å². The third-order valence-electron chi connectivity index (χ3n) is 5.47. The maximum atomic E-state index is 12.7. The fraction of sp³-hybridized carbons (Fsp3) is 0.360. The largest absolute Gasteiger partial charge is 0.342 e. The number of carbonyl (C=O) groups is 2. The minimum absolute atomic E-state index is 0.0914. The summed E-state index contributed by atoms with van der Waals surface area (Å²) in [5, 5.41) is 15.3. The molecule has 0 unspecified atom stereocenters. The van der Waals surface area contributed by atoms with Crippen molar-refractivity contribution in [3.8, 4) is 0 Å². The van der Waals surface area contributed by atoms with Gasteiger partial charge in [0.15, 0.2) is 11.0 Å². The number of benzene rings is 2. The fourth-order valence-corrected chi connectivity index (χ4v) is 4.29. The van der Waals surface area contributed by atoms with Gasteiger partial charge in [-0.3, -0.25) is 9.59 Å². The number of amides is 2. The normalized spacial score (nSPS) is 11.9. The maximum Gasteiger partial charge on any atom is 0.251 e. The molecule has 3 rings (SSSR count). The zero-order chi connectivity index (χ0) is 24.0. The molecule has 0 spiro atoms. The van der Waals surface area contributed by atoms with Crippen LogP contribution in [0.15, 0.2) is 53.7 Å². The lowest BCUT2D eigenvalue weighted by Gasteiger charge is -2.21. The van der Waals surface area contributed by atoms with E-state index in [0.29, 0.717) is 16.5 Å². The lowest BCUT2D eigenvalue weighted by atomic mass is 10.0. The maximum absolute atomic E-state index is 12.7. The molecule has 0 bridgehead atoms. The van der Waals surface area contributed by atoms with Crippen molar-refractivity contribution >= 4 is 29.3 Å². The Hall–Kier alpha value is -3.13. The lowest BCUT2D eigenvalue weighted by Crippen LogP contribution is -2.33. The van der Waals surface area contributed by atoms with Crippen LogP contribution in [0.25, 0.3) is 0 Å². The summed E-state index contributed by atoms with van der Waals surface area (Å²) in [6.07, 6.45) is 0.850. The highest BCUT2D eigenvalue weighted by molar-refractivity contribution is 7.99. The van der Waals surface area contributed by atoms with E-state index >= 15 is 0 Å². The van der Waals surface area contributed by atoms with Crippen LogP contribution in [0.1, 0.15) is 54.1 Å². The molecule has 2 amide bonds. The van der Waals surface area contributed by atoms with Crippen molar-refractivity contribution in [1.82, 2.24) is 20.1 Å². The fourth-order valence-electron chi connectivity index (χ4n) is 3.57. The second kappa shape index (κ2) is 11.1. The molecular formula is C25H31N5O2S. The van der Waals surface area contributed by atoms with Gasteiger partial charge >= 0.3 is 0 Å². The standard InChI is InChI=1S/C25H31N5O2S/c1-6-18-14-10-11-17(4)22(18)26-20(31)15-33-25-29-28-23(30(25)5)21(16(2)3)27-24(32)19-12-8-7-9-13-19/h7-14,16,21H,6,15H2,1-5H3,(H,26,31)(H,27,32)/t21-/m1/s1. The van der Waals surface area contributed by atoms with Crippen molar-refractivity contribution < 1.29 is 9.59 Å². The number of aryl methyl sites for hydroxylation is 2. The predicted molar refractivity (Wildman–Crippen MR) is 132 cm³/mol. The Kier molecular flexibility index (Phi) is 8.27. The first-order chi connectivity index (χ1) is 15.8. The Balaban J connectivity index is 1.68. The van der Waals surface area contributed by atoms with E-state index in [1.807, 2.05) is 68.8 Å². The Bertz CT molecular complexity index is 1110. The van der Waals surface area contributed by atoms with Crippen LogP contribution in [-0.4, -0.2) is 32.3 Å². The molecule has 0 radical (unpaired) electrons. The first-order valence-corrected chi connectivity index (χ1v) is 12.1. The zero-order valence-electron chi connectivity index (χ0n) is 19.8. The second-order valence-corrected chi connectivity index (χ2v) is 9.20. The molecular weight excluding hydrogens is 434 g/mol. The van der Waals surface area contributed by atoms with Gasteiger partial charge in [0, 0.05) is 18.3 Å². The summed E-state index contributed by atoms with van der Waals surface area (Å²) >= 11 is 1.32. The molecule has 0 aliphatic carbocycles. The van der Waals surface area contributed by atoms with Crippen LogP contribution in [0, 0.1) is 12.8 Å². The van der Waals surface area contributed by atoms with Crippen molar-refractivity contribution in [2.75, 3.05) is 11.1 Å². The molecule has 2 N–H and O–H groups in total. The van der Waals surface area contributed by atoms with Gasteiger partial charge < -0.3 is 15.2 Å². The SMILES string of the molecule is CCc1cccc(C)c1NC(=O)CSc1nnc([C@H](NC(=O)c2ccccc2)C(C)C)n1C. The van der Waals surface area contributed by atoms with Gasteiger partial charge in [-0.2, -0.15) is 0 Å². The molecule has 0 saturated heterocycles. The van der Waals surface area contributed by atoms with Crippen LogP contribution in [0.3, 0.4) is 0 Å². The number of carbonyl (C=O) groups excluding carboxylic acids is 2. The molecule has 0 saturated carbocycles. The van der Waals surface area contributed by atoms with Crippen LogP contribution in [0.2, 0.25) is 0 Å². The Morgan fingerprint density at radius 2 is 1.79 bits per heavy atom. The summed E-state index contributed by atoms with van der Waals surface area (Å²) in [5.74, 6) is 0.730. The van der Waals surface area contributed by atoms with E-state index < -0.39 is 0 Å². The summed E-state index contributed by atoms with van der Waals surface area (Å²) in [6.45, 7) is 8.12. The van der Waals surface area contributed by atoms with E-state index in [0.717, 1.165) is 23.2 Å². The summed E-state index contributed by atoms with van der Waals surface area (Å²) in [6, 6.07) is 14.8. The van der Waals surface area contributed by atoms with Gasteiger partial charge in [-0.15, -0.1) is 10.2 Å². The quantitative estimate of drug-likeness (QED) is 0.453. The summed E-state index contributed by atoms with van der Waals surface area (Å²) in [7, 11) is 1.86. The summed E-state index contributed by atoms with van der Waals surface area (Å²) in [5.41, 5.74) is 3.64. The van der Waals surface area contributed by atoms with Gasteiger partial charge in [0.1, 0.15) is 0 Å². The first-order valence-electron chi connectivity index (χ1n) is 11.1. The summed E-state index contributed by atoms with van der Waals surface area (Å²) < 4.78 is 1.85. The number of nitrogens with one attached hydrogen (secondary N) is 2. The molecule has 1 heterocycles. The van der Waals surface area contributed by atoms with Crippen LogP contribution in [0.4, 0.5) is 5.69 Å².